The van der Waals surface area contributed by atoms with E-state index in [9.17, 15) is 4.79 Å². The molecule has 0 aliphatic rings. The van der Waals surface area contributed by atoms with Gasteiger partial charge in [0.1, 0.15) is 0 Å². The number of rotatable bonds is 4. The predicted octanol–water partition coefficient (Wildman–Crippen LogP) is 0.206. The number of hydrogen-bond donors (Lipinski definition) is 1. The van der Waals surface area contributed by atoms with Crippen LogP contribution in [0.1, 0.15) is 6.92 Å². The molecular weight excluding hydrogens is 168 g/mol. The fourth-order valence-electron chi connectivity index (χ4n) is 1.10. The van der Waals surface area contributed by atoms with Crippen molar-refractivity contribution in [3.05, 3.63) is 28.7 Å². The number of ether oxygens (including phenoxy) is 1. The number of aromatic nitrogens is 1. The van der Waals surface area contributed by atoms with Crippen LogP contribution in [0, 0.1) is 0 Å². The van der Waals surface area contributed by atoms with Crippen molar-refractivity contribution >= 4 is 0 Å². The van der Waals surface area contributed by atoms with E-state index in [1.807, 2.05) is 6.92 Å². The van der Waals surface area contributed by atoms with Crippen molar-refractivity contribution in [1.82, 2.24) is 4.57 Å². The van der Waals surface area contributed by atoms with E-state index in [2.05, 4.69) is 0 Å². The first kappa shape index (κ1) is 9.80. The molecule has 0 aliphatic heterocycles. The van der Waals surface area contributed by atoms with E-state index < -0.39 is 0 Å². The third kappa shape index (κ3) is 2.32. The van der Waals surface area contributed by atoms with Crippen molar-refractivity contribution in [2.45, 2.75) is 13.5 Å². The van der Waals surface area contributed by atoms with Crippen molar-refractivity contribution < 1.29 is 4.74 Å². The Balaban J connectivity index is 2.97. The highest BCUT2D eigenvalue weighted by Crippen LogP contribution is 2.00. The zero-order chi connectivity index (χ0) is 9.68. The predicted molar refractivity (Wildman–Crippen MR) is 50.9 cm³/mol. The third-order valence-electron chi connectivity index (χ3n) is 1.66. The lowest BCUT2D eigenvalue weighted by Crippen LogP contribution is -2.24. The van der Waals surface area contributed by atoms with Crippen LogP contribution in [0.25, 0.3) is 0 Å². The second-order valence-electron chi connectivity index (χ2n) is 2.59. The Morgan fingerprint density at radius 3 is 3.00 bits per heavy atom. The van der Waals surface area contributed by atoms with Gasteiger partial charge in [-0.15, -0.1) is 0 Å². The standard InChI is InChI=1S/C9H14N2O2/c1-2-13-8-4-3-6-11(7-5-10)9(8)12/h3-4,6H,2,5,7,10H2,1H3. The van der Waals surface area contributed by atoms with Gasteiger partial charge in [0.05, 0.1) is 6.61 Å². The van der Waals surface area contributed by atoms with Crippen LogP contribution in [-0.4, -0.2) is 17.7 Å². The fourth-order valence-corrected chi connectivity index (χ4v) is 1.10. The monoisotopic (exact) mass is 182 g/mol. The minimum absolute atomic E-state index is 0.116. The summed E-state index contributed by atoms with van der Waals surface area (Å²) in [6.45, 7) is 3.33. The number of nitrogens with two attached hydrogens (primary N) is 1. The molecule has 0 fully saturated rings. The van der Waals surface area contributed by atoms with Gasteiger partial charge in [-0.3, -0.25) is 4.79 Å². The second kappa shape index (κ2) is 4.67. The molecule has 72 valence electrons. The molecular formula is C9H14N2O2. The molecule has 0 bridgehead atoms. The van der Waals surface area contributed by atoms with E-state index in [4.69, 9.17) is 10.5 Å². The van der Waals surface area contributed by atoms with E-state index >= 15 is 0 Å². The van der Waals surface area contributed by atoms with Crippen LogP contribution in [0.15, 0.2) is 23.1 Å². The van der Waals surface area contributed by atoms with Gasteiger partial charge in [0.15, 0.2) is 5.75 Å². The highest BCUT2D eigenvalue weighted by Gasteiger charge is 2.01. The summed E-state index contributed by atoms with van der Waals surface area (Å²) in [6, 6.07) is 3.45. The van der Waals surface area contributed by atoms with Gasteiger partial charge in [0.2, 0.25) is 0 Å². The molecule has 0 aromatic carbocycles. The minimum Gasteiger partial charge on any atom is -0.488 e. The zero-order valence-corrected chi connectivity index (χ0v) is 7.69. The van der Waals surface area contributed by atoms with Gasteiger partial charge in [-0.25, -0.2) is 0 Å². The molecule has 1 aromatic rings. The maximum Gasteiger partial charge on any atom is 0.292 e. The number of hydrogen-bond acceptors (Lipinski definition) is 3. The Labute approximate surface area is 76.9 Å². The van der Waals surface area contributed by atoms with Gasteiger partial charge in [0.25, 0.3) is 5.56 Å². The summed E-state index contributed by atoms with van der Waals surface area (Å²) in [5, 5.41) is 0. The fraction of sp³-hybridized carbons (Fsp3) is 0.444. The Morgan fingerprint density at radius 2 is 2.38 bits per heavy atom. The maximum atomic E-state index is 11.5. The summed E-state index contributed by atoms with van der Waals surface area (Å²) in [5.74, 6) is 0.387. The van der Waals surface area contributed by atoms with Gasteiger partial charge in [-0.1, -0.05) is 0 Å². The summed E-state index contributed by atoms with van der Waals surface area (Å²) in [5.41, 5.74) is 5.24. The van der Waals surface area contributed by atoms with Crippen LogP contribution in [0.2, 0.25) is 0 Å². The smallest absolute Gasteiger partial charge is 0.292 e. The van der Waals surface area contributed by atoms with Gasteiger partial charge < -0.3 is 15.0 Å². The first-order valence-electron chi connectivity index (χ1n) is 4.32. The molecule has 0 atom stereocenters. The lowest BCUT2D eigenvalue weighted by Gasteiger charge is -2.06. The van der Waals surface area contributed by atoms with Crippen LogP contribution < -0.4 is 16.0 Å². The van der Waals surface area contributed by atoms with E-state index in [0.717, 1.165) is 0 Å². The molecule has 1 aromatic heterocycles. The minimum atomic E-state index is -0.116. The van der Waals surface area contributed by atoms with Crippen LogP contribution in [0.5, 0.6) is 5.75 Å². The van der Waals surface area contributed by atoms with Crippen LogP contribution in [0.3, 0.4) is 0 Å². The van der Waals surface area contributed by atoms with E-state index in [1.165, 1.54) is 0 Å². The van der Waals surface area contributed by atoms with E-state index in [0.29, 0.717) is 25.4 Å². The molecule has 0 saturated carbocycles. The van der Waals surface area contributed by atoms with Gasteiger partial charge in [0, 0.05) is 19.3 Å². The molecule has 0 spiro atoms. The molecule has 1 rings (SSSR count). The van der Waals surface area contributed by atoms with Crippen LogP contribution >= 0.6 is 0 Å². The van der Waals surface area contributed by atoms with Crippen molar-refractivity contribution in [1.29, 1.82) is 0 Å². The summed E-state index contributed by atoms with van der Waals surface area (Å²) in [7, 11) is 0. The summed E-state index contributed by atoms with van der Waals surface area (Å²) < 4.78 is 6.70. The number of pyridine rings is 1. The maximum absolute atomic E-state index is 11.5. The summed E-state index contributed by atoms with van der Waals surface area (Å²) in [4.78, 5) is 11.5. The van der Waals surface area contributed by atoms with Crippen molar-refractivity contribution in [2.75, 3.05) is 13.2 Å². The largest absolute Gasteiger partial charge is 0.488 e. The molecule has 13 heavy (non-hydrogen) atoms. The lowest BCUT2D eigenvalue weighted by molar-refractivity contribution is 0.332. The highest BCUT2D eigenvalue weighted by molar-refractivity contribution is 5.17. The molecule has 0 amide bonds. The molecule has 1 heterocycles. The first-order valence-corrected chi connectivity index (χ1v) is 4.32. The van der Waals surface area contributed by atoms with Crippen molar-refractivity contribution in [3.8, 4) is 5.75 Å². The summed E-state index contributed by atoms with van der Waals surface area (Å²) >= 11 is 0. The summed E-state index contributed by atoms with van der Waals surface area (Å²) in [6.07, 6.45) is 1.71. The SMILES string of the molecule is CCOc1cccn(CCN)c1=O. The zero-order valence-electron chi connectivity index (χ0n) is 7.69. The third-order valence-corrected chi connectivity index (χ3v) is 1.66. The Kier molecular flexibility index (Phi) is 3.52. The Hall–Kier alpha value is -1.29. The lowest BCUT2D eigenvalue weighted by atomic mass is 10.4. The number of nitrogens with zero attached hydrogens (tertiary/aromatic N) is 1. The van der Waals surface area contributed by atoms with Gasteiger partial charge >= 0.3 is 0 Å². The Morgan fingerprint density at radius 1 is 1.62 bits per heavy atom. The molecule has 0 saturated heterocycles. The molecule has 2 N–H and O–H groups in total. The second-order valence-corrected chi connectivity index (χ2v) is 2.59. The normalized spacial score (nSPS) is 10.0. The average molecular weight is 182 g/mol. The molecule has 0 radical (unpaired) electrons. The van der Waals surface area contributed by atoms with Crippen LogP contribution in [0.4, 0.5) is 0 Å². The first-order chi connectivity index (χ1) is 6.29. The van der Waals surface area contributed by atoms with E-state index in [1.54, 1.807) is 22.9 Å². The molecule has 4 nitrogen and oxygen atoms in total. The topological polar surface area (TPSA) is 57.2 Å². The van der Waals surface area contributed by atoms with Crippen molar-refractivity contribution in [3.63, 3.8) is 0 Å². The van der Waals surface area contributed by atoms with Gasteiger partial charge in [-0.2, -0.15) is 0 Å². The molecule has 0 aliphatic carbocycles. The van der Waals surface area contributed by atoms with Gasteiger partial charge in [-0.05, 0) is 19.1 Å². The average Bonchev–Trinajstić information content (AvgIpc) is 2.13. The van der Waals surface area contributed by atoms with E-state index in [-0.39, 0.29) is 5.56 Å². The quantitative estimate of drug-likeness (QED) is 0.724. The highest BCUT2D eigenvalue weighted by atomic mass is 16.5. The molecule has 4 heteroatoms. The molecule has 0 unspecified atom stereocenters. The van der Waals surface area contributed by atoms with Crippen LogP contribution in [-0.2, 0) is 6.54 Å². The van der Waals surface area contributed by atoms with Crippen molar-refractivity contribution in [2.24, 2.45) is 5.73 Å². The Bertz CT molecular complexity index is 292.